The summed E-state index contributed by atoms with van der Waals surface area (Å²) in [7, 11) is 1.55. The molecule has 0 aliphatic carbocycles. The van der Waals surface area contributed by atoms with E-state index in [1.54, 1.807) is 24.2 Å². The minimum Gasteiger partial charge on any atom is -0.467 e. The van der Waals surface area contributed by atoms with Gasteiger partial charge in [-0.3, -0.25) is 4.79 Å². The summed E-state index contributed by atoms with van der Waals surface area (Å²) in [5.74, 6) is 1.33. The normalized spacial score (nSPS) is 17.4. The van der Waals surface area contributed by atoms with Crippen LogP contribution in [-0.2, 0) is 22.5 Å². The van der Waals surface area contributed by atoms with Crippen molar-refractivity contribution >= 4 is 45.9 Å². The van der Waals surface area contributed by atoms with Gasteiger partial charge in [0.1, 0.15) is 11.6 Å². The number of carbonyl (C=O) groups excluding carboxylic acids is 1. The second-order valence-corrected chi connectivity index (χ2v) is 11.1. The van der Waals surface area contributed by atoms with Gasteiger partial charge in [-0.05, 0) is 23.9 Å². The van der Waals surface area contributed by atoms with Crippen LogP contribution in [0.1, 0.15) is 28.9 Å². The lowest BCUT2D eigenvalue weighted by Gasteiger charge is -2.38. The molecule has 5 heterocycles. The van der Waals surface area contributed by atoms with Crippen LogP contribution < -0.4 is 14.5 Å². The van der Waals surface area contributed by atoms with E-state index in [-0.39, 0.29) is 22.9 Å². The number of hydrogen-bond acceptors (Lipinski definition) is 10. The number of aromatic nitrogens is 4. The van der Waals surface area contributed by atoms with Crippen LogP contribution in [0.25, 0.3) is 16.8 Å². The zero-order valence-corrected chi connectivity index (χ0v) is 24.3. The third kappa shape index (κ3) is 5.25. The van der Waals surface area contributed by atoms with Gasteiger partial charge in [-0.15, -0.1) is 0 Å². The number of ether oxygens (including phenoxy) is 2. The molecule has 0 N–H and O–H groups in total. The van der Waals surface area contributed by atoms with Gasteiger partial charge in [-0.1, -0.05) is 35.0 Å². The molecule has 0 radical (unpaired) electrons. The Morgan fingerprint density at radius 3 is 2.67 bits per heavy atom. The molecule has 4 aromatic rings. The van der Waals surface area contributed by atoms with Crippen molar-refractivity contribution < 1.29 is 23.2 Å². The lowest BCUT2D eigenvalue weighted by atomic mass is 10.0. The number of hydrogen-bond donors (Lipinski definition) is 0. The van der Waals surface area contributed by atoms with Crippen LogP contribution in [0.5, 0.6) is 6.01 Å². The van der Waals surface area contributed by atoms with Crippen LogP contribution in [0.2, 0.25) is 5.02 Å². The van der Waals surface area contributed by atoms with Crippen molar-refractivity contribution in [1.29, 1.82) is 0 Å². The predicted octanol–water partition coefficient (Wildman–Crippen LogP) is 3.85. The van der Waals surface area contributed by atoms with Crippen molar-refractivity contribution in [2.24, 2.45) is 0 Å². The Hall–Kier alpha value is -4.29. The average molecular weight is 606 g/mol. The number of anilines is 2. The molecule has 43 heavy (non-hydrogen) atoms. The van der Waals surface area contributed by atoms with E-state index in [4.69, 9.17) is 35.6 Å². The van der Waals surface area contributed by atoms with Crippen LogP contribution in [0.4, 0.5) is 15.9 Å². The first-order valence-corrected chi connectivity index (χ1v) is 14.5. The molecule has 7 rings (SSSR count). The Balaban J connectivity index is 1.06. The molecule has 11 nitrogen and oxygen atoms in total. The number of piperazine rings is 1. The van der Waals surface area contributed by atoms with Crippen molar-refractivity contribution in [1.82, 2.24) is 25.0 Å². The molecule has 0 spiro atoms. The van der Waals surface area contributed by atoms with Gasteiger partial charge < -0.3 is 28.7 Å². The van der Waals surface area contributed by atoms with Crippen LogP contribution in [0, 0.1) is 5.82 Å². The van der Waals surface area contributed by atoms with Crippen LogP contribution in [0.3, 0.4) is 0 Å². The first-order chi connectivity index (χ1) is 21.0. The summed E-state index contributed by atoms with van der Waals surface area (Å²) >= 11 is 6.43. The molecule has 13 heteroatoms. The lowest BCUT2D eigenvalue weighted by molar-refractivity contribution is -0.126. The number of halogens is 2. The van der Waals surface area contributed by atoms with Crippen LogP contribution in [-0.4, -0.2) is 84.0 Å². The molecular formula is C30H29ClFN7O4. The molecule has 0 saturated carbocycles. The number of methoxy groups -OCH3 is 1. The molecule has 3 aliphatic heterocycles. The summed E-state index contributed by atoms with van der Waals surface area (Å²) in [5, 5.41) is 5.66. The topological polar surface area (TPSA) is 110 Å². The number of rotatable bonds is 6. The number of nitrogens with zero attached hydrogens (tertiary/aromatic N) is 7. The number of benzene rings is 2. The van der Waals surface area contributed by atoms with Gasteiger partial charge in [0.2, 0.25) is 5.91 Å². The van der Waals surface area contributed by atoms with E-state index in [1.165, 1.54) is 12.1 Å². The Labute approximate surface area is 251 Å². The van der Waals surface area contributed by atoms with Crippen molar-refractivity contribution in [2.45, 2.75) is 18.9 Å². The Kier molecular flexibility index (Phi) is 7.31. The lowest BCUT2D eigenvalue weighted by Crippen LogP contribution is -2.49. The maximum atomic E-state index is 14.4. The van der Waals surface area contributed by atoms with E-state index >= 15 is 0 Å². The zero-order chi connectivity index (χ0) is 29.5. The smallest absolute Gasteiger partial charge is 0.318 e. The Morgan fingerprint density at radius 1 is 1.07 bits per heavy atom. The van der Waals surface area contributed by atoms with Crippen molar-refractivity contribution in [2.75, 3.05) is 62.8 Å². The second kappa shape index (κ2) is 11.4. The highest BCUT2D eigenvalue weighted by Gasteiger charge is 2.30. The molecule has 1 amide bonds. The fourth-order valence-corrected chi connectivity index (χ4v) is 6.02. The molecular weight excluding hydrogens is 577 g/mol. The van der Waals surface area contributed by atoms with Gasteiger partial charge in [0.15, 0.2) is 5.82 Å². The molecule has 3 aliphatic rings. The number of amides is 1. The van der Waals surface area contributed by atoms with Crippen molar-refractivity contribution in [3.63, 3.8) is 0 Å². The van der Waals surface area contributed by atoms with E-state index in [2.05, 4.69) is 19.9 Å². The van der Waals surface area contributed by atoms with E-state index < -0.39 is 5.82 Å². The molecule has 0 unspecified atom stereocenters. The molecule has 0 atom stereocenters. The SMILES string of the molecule is COc1nc2c(c(N3CCN(C(=O)/C=C/c4nc(C5COC5)no4)CC3)n1)CCN(c1cccc3ccc(F)c(Cl)c13)C2. The first-order valence-electron chi connectivity index (χ1n) is 14.2. The summed E-state index contributed by atoms with van der Waals surface area (Å²) < 4.78 is 30.3. The van der Waals surface area contributed by atoms with Crippen LogP contribution >= 0.6 is 11.6 Å². The molecule has 2 fully saturated rings. The standard InChI is InChI=1S/C30H29ClFN7O4/c1-41-30-33-22-15-39(23-4-2-3-18-5-6-21(32)27(31)26(18)23)10-9-20(22)29(35-30)38-13-11-37(12-14-38)25(40)8-7-24-34-28(36-43-24)19-16-42-17-19/h2-8,19H,9-17H2,1H3/b8-7+. The van der Waals surface area contributed by atoms with E-state index in [0.29, 0.717) is 76.0 Å². The third-order valence-corrected chi connectivity index (χ3v) is 8.55. The minimum absolute atomic E-state index is 0.116. The molecule has 2 aromatic heterocycles. The monoisotopic (exact) mass is 605 g/mol. The average Bonchev–Trinajstić information content (AvgIpc) is 3.47. The molecule has 222 valence electrons. The maximum absolute atomic E-state index is 14.4. The zero-order valence-electron chi connectivity index (χ0n) is 23.5. The van der Waals surface area contributed by atoms with E-state index in [1.807, 2.05) is 18.2 Å². The summed E-state index contributed by atoms with van der Waals surface area (Å²) in [4.78, 5) is 32.8. The van der Waals surface area contributed by atoms with Gasteiger partial charge in [-0.2, -0.15) is 15.0 Å². The first kappa shape index (κ1) is 27.5. The minimum atomic E-state index is -0.443. The molecule has 0 bridgehead atoms. The summed E-state index contributed by atoms with van der Waals surface area (Å²) in [6.45, 7) is 4.66. The fraction of sp³-hybridized carbons (Fsp3) is 0.367. The predicted molar refractivity (Wildman–Crippen MR) is 158 cm³/mol. The summed E-state index contributed by atoms with van der Waals surface area (Å²) in [6, 6.07) is 9.26. The van der Waals surface area contributed by atoms with E-state index in [0.717, 1.165) is 28.1 Å². The summed E-state index contributed by atoms with van der Waals surface area (Å²) in [5.41, 5.74) is 2.77. The van der Waals surface area contributed by atoms with Gasteiger partial charge in [0.05, 0.1) is 43.5 Å². The summed E-state index contributed by atoms with van der Waals surface area (Å²) in [6.07, 6.45) is 3.72. The quantitative estimate of drug-likeness (QED) is 0.301. The van der Waals surface area contributed by atoms with Gasteiger partial charge in [0.25, 0.3) is 5.89 Å². The number of carbonyl (C=O) groups is 1. The van der Waals surface area contributed by atoms with Gasteiger partial charge in [-0.25, -0.2) is 4.39 Å². The fourth-order valence-electron chi connectivity index (χ4n) is 5.75. The third-order valence-electron chi connectivity index (χ3n) is 8.18. The molecule has 2 saturated heterocycles. The second-order valence-electron chi connectivity index (χ2n) is 10.7. The highest BCUT2D eigenvalue weighted by Crippen LogP contribution is 2.38. The highest BCUT2D eigenvalue weighted by molar-refractivity contribution is 6.36. The van der Waals surface area contributed by atoms with Gasteiger partial charge in [0, 0.05) is 61.5 Å². The highest BCUT2D eigenvalue weighted by atomic mass is 35.5. The number of fused-ring (bicyclic) bond motifs is 2. The van der Waals surface area contributed by atoms with Crippen molar-refractivity contribution in [3.8, 4) is 6.01 Å². The van der Waals surface area contributed by atoms with Crippen LogP contribution in [0.15, 0.2) is 40.9 Å². The van der Waals surface area contributed by atoms with E-state index in [9.17, 15) is 9.18 Å². The van der Waals surface area contributed by atoms with Crippen molar-refractivity contribution in [3.05, 3.63) is 70.2 Å². The Morgan fingerprint density at radius 2 is 1.91 bits per heavy atom. The maximum Gasteiger partial charge on any atom is 0.318 e. The molecule has 2 aromatic carbocycles. The Bertz CT molecular complexity index is 1720. The van der Waals surface area contributed by atoms with Gasteiger partial charge >= 0.3 is 6.01 Å². The largest absolute Gasteiger partial charge is 0.467 e.